The Morgan fingerprint density at radius 3 is 2.55 bits per heavy atom. The first-order valence-corrected chi connectivity index (χ1v) is 8.09. The van der Waals surface area contributed by atoms with Crippen LogP contribution in [-0.2, 0) is 0 Å². The number of hydrogen-bond acceptors (Lipinski definition) is 5. The van der Waals surface area contributed by atoms with Crippen LogP contribution in [0.15, 0.2) is 10.7 Å². The second-order valence-electron chi connectivity index (χ2n) is 4.84. The highest BCUT2D eigenvalue weighted by atomic mass is 79.9. The first-order valence-electron chi connectivity index (χ1n) is 7.30. The molecule has 0 aliphatic carbocycles. The van der Waals surface area contributed by atoms with Crippen molar-refractivity contribution in [1.29, 1.82) is 0 Å². The molecule has 0 fully saturated rings. The zero-order chi connectivity index (χ0) is 15.0. The summed E-state index contributed by atoms with van der Waals surface area (Å²) in [5, 5.41) is 16.5. The van der Waals surface area contributed by atoms with Crippen molar-refractivity contribution in [1.82, 2.24) is 9.97 Å². The fraction of sp³-hybridized carbons (Fsp3) is 0.714. The molecular formula is C14H25BrN4O. The molecule has 20 heavy (non-hydrogen) atoms. The first kappa shape index (κ1) is 17.2. The normalized spacial score (nSPS) is 12.5. The number of nitrogens with zero attached hydrogens (tertiary/aromatic N) is 2. The summed E-state index contributed by atoms with van der Waals surface area (Å²) in [5.41, 5.74) is 0. The number of aromatic nitrogens is 2. The van der Waals surface area contributed by atoms with Crippen LogP contribution in [0.3, 0.4) is 0 Å². The fourth-order valence-electron chi connectivity index (χ4n) is 2.01. The molecule has 0 amide bonds. The predicted molar refractivity (Wildman–Crippen MR) is 87.1 cm³/mol. The van der Waals surface area contributed by atoms with Crippen molar-refractivity contribution in [2.45, 2.75) is 46.1 Å². The number of aliphatic hydroxyl groups excluding tert-OH is 1. The molecule has 114 valence electrons. The number of halogens is 1. The average molecular weight is 345 g/mol. The second kappa shape index (κ2) is 9.13. The van der Waals surface area contributed by atoms with E-state index in [0.29, 0.717) is 24.2 Å². The summed E-state index contributed by atoms with van der Waals surface area (Å²) in [4.78, 5) is 8.60. The van der Waals surface area contributed by atoms with Gasteiger partial charge in [-0.2, -0.15) is 4.98 Å². The maximum absolute atomic E-state index is 10.1. The Hall–Kier alpha value is -0.880. The van der Waals surface area contributed by atoms with E-state index >= 15 is 0 Å². The predicted octanol–water partition coefficient (Wildman–Crippen LogP) is 3.27. The molecule has 1 aromatic heterocycles. The van der Waals surface area contributed by atoms with Crippen LogP contribution in [0.2, 0.25) is 0 Å². The number of aliphatic hydroxyl groups is 1. The van der Waals surface area contributed by atoms with E-state index in [2.05, 4.69) is 57.3 Å². The van der Waals surface area contributed by atoms with Crippen molar-refractivity contribution >= 4 is 27.7 Å². The van der Waals surface area contributed by atoms with Crippen molar-refractivity contribution < 1.29 is 5.11 Å². The minimum absolute atomic E-state index is 0.320. The zero-order valence-electron chi connectivity index (χ0n) is 12.5. The number of nitrogens with one attached hydrogen (secondary N) is 2. The maximum Gasteiger partial charge on any atom is 0.224 e. The highest BCUT2D eigenvalue weighted by molar-refractivity contribution is 9.10. The van der Waals surface area contributed by atoms with Crippen molar-refractivity contribution in [3.8, 4) is 0 Å². The van der Waals surface area contributed by atoms with Gasteiger partial charge >= 0.3 is 0 Å². The molecule has 0 saturated carbocycles. The highest BCUT2D eigenvalue weighted by Gasteiger charge is 2.16. The number of rotatable bonds is 9. The van der Waals surface area contributed by atoms with Crippen molar-refractivity contribution in [2.24, 2.45) is 5.92 Å². The van der Waals surface area contributed by atoms with Gasteiger partial charge in [-0.15, -0.1) is 0 Å². The topological polar surface area (TPSA) is 70.1 Å². The van der Waals surface area contributed by atoms with E-state index in [1.165, 1.54) is 0 Å². The summed E-state index contributed by atoms with van der Waals surface area (Å²) in [6.07, 6.45) is 4.34. The molecule has 6 heteroatoms. The van der Waals surface area contributed by atoms with Gasteiger partial charge in [-0.05, 0) is 28.3 Å². The molecule has 1 rings (SSSR count). The van der Waals surface area contributed by atoms with E-state index in [4.69, 9.17) is 0 Å². The Balaban J connectivity index is 2.62. The van der Waals surface area contributed by atoms with E-state index in [-0.39, 0.29) is 6.10 Å². The molecule has 0 spiro atoms. The monoisotopic (exact) mass is 344 g/mol. The molecular weight excluding hydrogens is 320 g/mol. The smallest absolute Gasteiger partial charge is 0.224 e. The standard InChI is InChI=1S/C14H25BrN4O/c1-4-7-16-14-18-8-11(15)13(19-14)17-9-12(20)10(5-2)6-3/h8,10,12,20H,4-7,9H2,1-3H3,(H2,16,17,18,19). The van der Waals surface area contributed by atoms with Crippen LogP contribution < -0.4 is 10.6 Å². The van der Waals surface area contributed by atoms with Crippen LogP contribution in [-0.4, -0.2) is 34.3 Å². The molecule has 1 atom stereocenters. The van der Waals surface area contributed by atoms with Gasteiger partial charge in [-0.1, -0.05) is 33.6 Å². The number of anilines is 2. The van der Waals surface area contributed by atoms with Crippen LogP contribution in [0.1, 0.15) is 40.0 Å². The third kappa shape index (κ3) is 5.25. The van der Waals surface area contributed by atoms with Crippen LogP contribution >= 0.6 is 15.9 Å². The summed E-state index contributed by atoms with van der Waals surface area (Å²) in [7, 11) is 0. The van der Waals surface area contributed by atoms with Gasteiger partial charge in [0.05, 0.1) is 10.6 Å². The third-order valence-electron chi connectivity index (χ3n) is 3.35. The minimum atomic E-state index is -0.362. The lowest BCUT2D eigenvalue weighted by molar-refractivity contribution is 0.114. The molecule has 5 nitrogen and oxygen atoms in total. The fourth-order valence-corrected chi connectivity index (χ4v) is 2.35. The van der Waals surface area contributed by atoms with Crippen LogP contribution in [0.5, 0.6) is 0 Å². The van der Waals surface area contributed by atoms with Crippen LogP contribution in [0.4, 0.5) is 11.8 Å². The Kier molecular flexibility index (Phi) is 7.84. The van der Waals surface area contributed by atoms with Gasteiger partial charge in [-0.3, -0.25) is 0 Å². The molecule has 0 aliphatic rings. The highest BCUT2D eigenvalue weighted by Crippen LogP contribution is 2.21. The summed E-state index contributed by atoms with van der Waals surface area (Å²) in [6, 6.07) is 0. The quantitative estimate of drug-likeness (QED) is 0.641. The molecule has 0 aliphatic heterocycles. The third-order valence-corrected chi connectivity index (χ3v) is 3.93. The van der Waals surface area contributed by atoms with Crippen molar-refractivity contribution in [2.75, 3.05) is 23.7 Å². The van der Waals surface area contributed by atoms with Gasteiger partial charge in [0.2, 0.25) is 5.95 Å². The summed E-state index contributed by atoms with van der Waals surface area (Å²) in [6.45, 7) is 7.64. The van der Waals surface area contributed by atoms with E-state index in [1.54, 1.807) is 6.20 Å². The summed E-state index contributed by atoms with van der Waals surface area (Å²) in [5.74, 6) is 1.64. The van der Waals surface area contributed by atoms with Crippen LogP contribution in [0, 0.1) is 5.92 Å². The van der Waals surface area contributed by atoms with Gasteiger partial charge in [0.15, 0.2) is 0 Å². The first-order chi connectivity index (χ1) is 9.62. The van der Waals surface area contributed by atoms with E-state index in [1.807, 2.05) is 0 Å². The molecule has 3 N–H and O–H groups in total. The lowest BCUT2D eigenvalue weighted by atomic mass is 9.97. The lowest BCUT2D eigenvalue weighted by Gasteiger charge is -2.21. The molecule has 0 bridgehead atoms. The van der Waals surface area contributed by atoms with Gasteiger partial charge in [0.1, 0.15) is 5.82 Å². The molecule has 1 unspecified atom stereocenters. The summed E-state index contributed by atoms with van der Waals surface area (Å²) < 4.78 is 0.802. The SMILES string of the molecule is CCCNc1ncc(Br)c(NCC(O)C(CC)CC)n1. The molecule has 0 saturated heterocycles. The molecule has 0 radical (unpaired) electrons. The Bertz CT molecular complexity index is 399. The zero-order valence-corrected chi connectivity index (χ0v) is 14.1. The van der Waals surface area contributed by atoms with Crippen LogP contribution in [0.25, 0.3) is 0 Å². The minimum Gasteiger partial charge on any atom is -0.391 e. The molecule has 1 aromatic rings. The molecule has 1 heterocycles. The van der Waals surface area contributed by atoms with Crippen molar-refractivity contribution in [3.63, 3.8) is 0 Å². The maximum atomic E-state index is 10.1. The van der Waals surface area contributed by atoms with Gasteiger partial charge in [0, 0.05) is 19.3 Å². The van der Waals surface area contributed by atoms with E-state index in [9.17, 15) is 5.11 Å². The lowest BCUT2D eigenvalue weighted by Crippen LogP contribution is -2.28. The van der Waals surface area contributed by atoms with Gasteiger partial charge in [0.25, 0.3) is 0 Å². The molecule has 0 aromatic carbocycles. The van der Waals surface area contributed by atoms with Gasteiger partial charge in [-0.25, -0.2) is 4.98 Å². The van der Waals surface area contributed by atoms with Gasteiger partial charge < -0.3 is 15.7 Å². The number of hydrogen-bond donors (Lipinski definition) is 3. The summed E-state index contributed by atoms with van der Waals surface area (Å²) >= 11 is 3.42. The van der Waals surface area contributed by atoms with E-state index < -0.39 is 0 Å². The Morgan fingerprint density at radius 2 is 1.95 bits per heavy atom. The largest absolute Gasteiger partial charge is 0.391 e. The Morgan fingerprint density at radius 1 is 1.25 bits per heavy atom. The second-order valence-corrected chi connectivity index (χ2v) is 5.70. The van der Waals surface area contributed by atoms with E-state index in [0.717, 1.165) is 30.3 Å². The Labute approximate surface area is 129 Å². The average Bonchev–Trinajstić information content (AvgIpc) is 2.46. The van der Waals surface area contributed by atoms with Crippen molar-refractivity contribution in [3.05, 3.63) is 10.7 Å².